The third-order valence-electron chi connectivity index (χ3n) is 6.26. The first-order valence-corrected chi connectivity index (χ1v) is 13.5. The molecule has 2 aliphatic heterocycles. The van der Waals surface area contributed by atoms with Crippen LogP contribution in [0.1, 0.15) is 12.5 Å². The first-order valence-electron chi connectivity index (χ1n) is 11.5. The number of benzene rings is 1. The van der Waals surface area contributed by atoms with Crippen LogP contribution in [0.3, 0.4) is 0 Å². The normalized spacial score (nSPS) is 22.6. The minimum atomic E-state index is -4.73. The molecule has 3 unspecified atom stereocenters. The zero-order valence-electron chi connectivity index (χ0n) is 20.3. The van der Waals surface area contributed by atoms with E-state index in [1.165, 1.54) is 23.5 Å². The zero-order valence-corrected chi connectivity index (χ0v) is 22.0. The Hall–Kier alpha value is -1.71. The van der Waals surface area contributed by atoms with Gasteiger partial charge in [-0.15, -0.1) is 11.3 Å². The largest absolute Gasteiger partial charge is 0.421 e. The fraction of sp³-hybridized carbons (Fsp3) is 0.565. The van der Waals surface area contributed by atoms with Gasteiger partial charge in [-0.1, -0.05) is 18.2 Å². The topological polar surface area (TPSA) is 59.1 Å². The molecule has 1 aromatic carbocycles. The molecule has 2 aliphatic rings. The third-order valence-corrected chi connectivity index (χ3v) is 8.95. The van der Waals surface area contributed by atoms with Crippen LogP contribution in [0.4, 0.5) is 32.0 Å². The molecule has 14 heteroatoms. The smallest absolute Gasteiger partial charge is 0.376 e. The van der Waals surface area contributed by atoms with Gasteiger partial charge in [-0.25, -0.2) is 8.51 Å². The zero-order chi connectivity index (χ0) is 27.4. The monoisotopic (exact) mass is 572 g/mol. The van der Waals surface area contributed by atoms with E-state index in [0.29, 0.717) is 39.3 Å². The van der Waals surface area contributed by atoms with E-state index in [-0.39, 0.29) is 12.1 Å². The minimum absolute atomic E-state index is 0.0590. The van der Waals surface area contributed by atoms with Crippen LogP contribution >= 0.6 is 11.3 Å². The summed E-state index contributed by atoms with van der Waals surface area (Å²) in [5.41, 5.74) is -2.28. The maximum Gasteiger partial charge on any atom is 0.421 e. The molecule has 3 heterocycles. The molecule has 208 valence electrons. The highest BCUT2D eigenvalue weighted by atomic mass is 32.2. The number of nitrogens with zero attached hydrogens (tertiary/aromatic N) is 3. The summed E-state index contributed by atoms with van der Waals surface area (Å²) in [7, 11) is 0.526. The summed E-state index contributed by atoms with van der Waals surface area (Å²) in [6, 6.07) is 8.14. The number of thiophene rings is 1. The summed E-state index contributed by atoms with van der Waals surface area (Å²) in [5, 5.41) is 14.0. The van der Waals surface area contributed by atoms with E-state index in [9.17, 15) is 35.7 Å². The second-order valence-corrected chi connectivity index (χ2v) is 11.7. The van der Waals surface area contributed by atoms with E-state index in [2.05, 4.69) is 5.32 Å². The fourth-order valence-corrected chi connectivity index (χ4v) is 6.08. The number of halogens is 6. The van der Waals surface area contributed by atoms with Gasteiger partial charge in [0.25, 0.3) is 0 Å². The van der Waals surface area contributed by atoms with Crippen LogP contribution in [-0.4, -0.2) is 89.8 Å². The van der Waals surface area contributed by atoms with Gasteiger partial charge in [0, 0.05) is 51.5 Å². The Balaban J connectivity index is 0.000000289. The lowest BCUT2D eigenvalue weighted by molar-refractivity contribution is -0.258. The molecular formula is C23H30F6N4O2S2. The van der Waals surface area contributed by atoms with Crippen LogP contribution in [0.15, 0.2) is 46.0 Å². The van der Waals surface area contributed by atoms with Gasteiger partial charge < -0.3 is 20.2 Å². The van der Waals surface area contributed by atoms with Crippen LogP contribution in [0.25, 0.3) is 0 Å². The van der Waals surface area contributed by atoms with Crippen molar-refractivity contribution in [3.8, 4) is 0 Å². The number of piperazine rings is 2. The number of rotatable bonds is 4. The molecule has 0 spiro atoms. The fourth-order valence-electron chi connectivity index (χ4n) is 3.88. The third kappa shape index (κ3) is 7.67. The Morgan fingerprint density at radius 2 is 1.62 bits per heavy atom. The standard InChI is InChI=1S/C17H19F3N2O2S2.C6H11F3N2/c1-16(23,17(18,19)20)13-4-6-14(7-5-13)21-8-10-22(11-9-21)26(24)15-3-2-12-25-15;1-11-3-2-10-5(4-11)6(7,8)9/h2-7,12,23H,8-11H2,1H3;5,10H,2-4H2,1H3. The summed E-state index contributed by atoms with van der Waals surface area (Å²) in [4.78, 5) is 3.71. The number of likely N-dealkylation sites (N-methyl/N-ethyl adjacent to an activating group) is 1. The van der Waals surface area contributed by atoms with Gasteiger partial charge in [-0.05, 0) is 43.1 Å². The Kier molecular flexibility index (Phi) is 9.67. The van der Waals surface area contributed by atoms with E-state index in [1.54, 1.807) is 24.1 Å². The summed E-state index contributed by atoms with van der Waals surface area (Å²) in [6.07, 6.45) is -8.83. The molecule has 2 N–H and O–H groups in total. The van der Waals surface area contributed by atoms with Gasteiger partial charge in [0.05, 0.1) is 0 Å². The van der Waals surface area contributed by atoms with E-state index in [0.717, 1.165) is 16.8 Å². The number of aliphatic hydroxyl groups is 1. The Morgan fingerprint density at radius 1 is 1.00 bits per heavy atom. The lowest BCUT2D eigenvalue weighted by atomic mass is 9.95. The highest BCUT2D eigenvalue weighted by Crippen LogP contribution is 2.39. The summed E-state index contributed by atoms with van der Waals surface area (Å²) in [6.45, 7) is 4.38. The molecule has 0 radical (unpaired) electrons. The number of hydrogen-bond acceptors (Lipinski definition) is 6. The number of alkyl halides is 6. The SMILES string of the molecule is CC(O)(c1ccc(N2CCN(S(=O)c3cccs3)CC2)cc1)C(F)(F)F.CN1CCNC(C(F)(F)F)C1. The predicted molar refractivity (Wildman–Crippen MR) is 132 cm³/mol. The van der Waals surface area contributed by atoms with Crippen molar-refractivity contribution in [3.05, 3.63) is 47.3 Å². The van der Waals surface area contributed by atoms with Gasteiger partial charge in [0.1, 0.15) is 21.2 Å². The first kappa shape index (κ1) is 29.8. The molecular weight excluding hydrogens is 542 g/mol. The van der Waals surface area contributed by atoms with Crippen molar-refractivity contribution in [2.75, 3.05) is 57.8 Å². The van der Waals surface area contributed by atoms with E-state index in [1.807, 2.05) is 26.7 Å². The summed E-state index contributed by atoms with van der Waals surface area (Å²) < 4.78 is 90.0. The predicted octanol–water partition coefficient (Wildman–Crippen LogP) is 3.82. The average molecular weight is 573 g/mol. The van der Waals surface area contributed by atoms with E-state index >= 15 is 0 Å². The molecule has 4 rings (SSSR count). The first-order chi connectivity index (χ1) is 17.2. The summed E-state index contributed by atoms with van der Waals surface area (Å²) >= 11 is 1.46. The highest BCUT2D eigenvalue weighted by molar-refractivity contribution is 7.85. The van der Waals surface area contributed by atoms with Gasteiger partial charge in [0.2, 0.25) is 0 Å². The van der Waals surface area contributed by atoms with Gasteiger partial charge >= 0.3 is 12.4 Å². The number of hydrogen-bond donors (Lipinski definition) is 2. The lowest BCUT2D eigenvalue weighted by Crippen LogP contribution is -2.55. The van der Waals surface area contributed by atoms with E-state index in [4.69, 9.17) is 0 Å². The van der Waals surface area contributed by atoms with Gasteiger partial charge in [0.15, 0.2) is 5.60 Å². The second kappa shape index (κ2) is 12.0. The van der Waals surface area contributed by atoms with Crippen LogP contribution in [0, 0.1) is 0 Å². The second-order valence-electron chi connectivity index (χ2n) is 9.02. The maximum atomic E-state index is 12.9. The molecule has 1 aromatic heterocycles. The molecule has 37 heavy (non-hydrogen) atoms. The highest BCUT2D eigenvalue weighted by Gasteiger charge is 2.51. The van der Waals surface area contributed by atoms with E-state index < -0.39 is 35.0 Å². The molecule has 2 aromatic rings. The Morgan fingerprint density at radius 3 is 2.08 bits per heavy atom. The minimum Gasteiger partial charge on any atom is -0.376 e. The number of anilines is 1. The van der Waals surface area contributed by atoms with Crippen molar-refractivity contribution >= 4 is 28.0 Å². The molecule has 2 fully saturated rings. The Bertz CT molecular complexity index is 1010. The van der Waals surface area contributed by atoms with Crippen molar-refractivity contribution in [3.63, 3.8) is 0 Å². The van der Waals surface area contributed by atoms with Crippen molar-refractivity contribution < 1.29 is 35.7 Å². The van der Waals surface area contributed by atoms with Crippen molar-refractivity contribution in [2.45, 2.75) is 35.1 Å². The molecule has 0 amide bonds. The van der Waals surface area contributed by atoms with Gasteiger partial charge in [-0.3, -0.25) is 0 Å². The number of nitrogens with one attached hydrogen (secondary N) is 1. The lowest BCUT2D eigenvalue weighted by Gasteiger charge is -2.35. The van der Waals surface area contributed by atoms with Crippen LogP contribution in [0.5, 0.6) is 0 Å². The van der Waals surface area contributed by atoms with Crippen LogP contribution in [-0.2, 0) is 16.6 Å². The van der Waals surface area contributed by atoms with Crippen molar-refractivity contribution in [1.82, 2.24) is 14.5 Å². The summed E-state index contributed by atoms with van der Waals surface area (Å²) in [5.74, 6) is 0. The van der Waals surface area contributed by atoms with Crippen molar-refractivity contribution in [2.24, 2.45) is 0 Å². The Labute approximate surface area is 218 Å². The molecule has 6 nitrogen and oxygen atoms in total. The molecule has 2 saturated heterocycles. The van der Waals surface area contributed by atoms with Gasteiger partial charge in [-0.2, -0.15) is 26.3 Å². The van der Waals surface area contributed by atoms with Crippen molar-refractivity contribution in [1.29, 1.82) is 0 Å². The van der Waals surface area contributed by atoms with Crippen LogP contribution in [0.2, 0.25) is 0 Å². The molecule has 0 aliphatic carbocycles. The molecule has 0 saturated carbocycles. The molecule has 0 bridgehead atoms. The quantitative estimate of drug-likeness (QED) is 0.546. The maximum absolute atomic E-state index is 12.9. The molecule has 3 atom stereocenters. The average Bonchev–Trinajstić information content (AvgIpc) is 3.38. The van der Waals surface area contributed by atoms with Crippen LogP contribution < -0.4 is 10.2 Å².